The maximum atomic E-state index is 13.2. The van der Waals surface area contributed by atoms with Crippen LogP contribution in [0.3, 0.4) is 0 Å². The van der Waals surface area contributed by atoms with Crippen molar-refractivity contribution in [3.05, 3.63) is 65.0 Å². The summed E-state index contributed by atoms with van der Waals surface area (Å²) in [4.78, 5) is 0. The molecule has 0 aliphatic carbocycles. The summed E-state index contributed by atoms with van der Waals surface area (Å²) in [6.07, 6.45) is 0. The van der Waals surface area contributed by atoms with Crippen molar-refractivity contribution in [1.82, 2.24) is 5.32 Å². The van der Waals surface area contributed by atoms with Gasteiger partial charge >= 0.3 is 0 Å². The van der Waals surface area contributed by atoms with E-state index in [9.17, 15) is 4.39 Å². The van der Waals surface area contributed by atoms with E-state index < -0.39 is 0 Å². The summed E-state index contributed by atoms with van der Waals surface area (Å²) in [7, 11) is 1.68. The van der Waals surface area contributed by atoms with Gasteiger partial charge in [-0.1, -0.05) is 30.3 Å². The Morgan fingerprint density at radius 2 is 1.95 bits per heavy atom. The monoisotopic (exact) mass is 273 g/mol. The molecule has 0 radical (unpaired) electrons. The van der Waals surface area contributed by atoms with E-state index in [-0.39, 0.29) is 11.9 Å². The number of para-hydroxylation sites is 1. The molecule has 0 aliphatic heterocycles. The van der Waals surface area contributed by atoms with Crippen LogP contribution in [0.5, 0.6) is 5.75 Å². The molecular formula is C17H20FNO. The predicted molar refractivity (Wildman–Crippen MR) is 79.4 cm³/mol. The second-order valence-electron chi connectivity index (χ2n) is 4.93. The fourth-order valence-electron chi connectivity index (χ4n) is 2.22. The molecule has 0 aliphatic rings. The Morgan fingerprint density at radius 1 is 1.20 bits per heavy atom. The number of halogens is 1. The molecule has 2 aromatic carbocycles. The van der Waals surface area contributed by atoms with Gasteiger partial charge in [0.2, 0.25) is 0 Å². The van der Waals surface area contributed by atoms with Crippen LogP contribution in [0.25, 0.3) is 0 Å². The van der Waals surface area contributed by atoms with Crippen molar-refractivity contribution in [2.75, 3.05) is 7.11 Å². The lowest BCUT2D eigenvalue weighted by atomic mass is 10.1. The standard InChI is InChI=1S/C17H20FNO/c1-12-10-14(8-9-16(12)18)11-19-13(2)15-6-4-5-7-17(15)20-3/h4-10,13,19H,11H2,1-3H3. The van der Waals surface area contributed by atoms with Crippen LogP contribution < -0.4 is 10.1 Å². The molecule has 0 aromatic heterocycles. The van der Waals surface area contributed by atoms with Crippen molar-refractivity contribution in [2.24, 2.45) is 0 Å². The molecule has 2 aromatic rings. The Labute approximate surface area is 119 Å². The highest BCUT2D eigenvalue weighted by Gasteiger charge is 2.10. The largest absolute Gasteiger partial charge is 0.496 e. The van der Waals surface area contributed by atoms with Gasteiger partial charge in [-0.15, -0.1) is 0 Å². The van der Waals surface area contributed by atoms with Crippen molar-refractivity contribution in [1.29, 1.82) is 0 Å². The van der Waals surface area contributed by atoms with E-state index in [1.807, 2.05) is 36.4 Å². The van der Waals surface area contributed by atoms with Crippen molar-refractivity contribution in [2.45, 2.75) is 26.4 Å². The Hall–Kier alpha value is -1.87. The number of aryl methyl sites for hydroxylation is 1. The lowest BCUT2D eigenvalue weighted by molar-refractivity contribution is 0.401. The molecule has 0 saturated heterocycles. The summed E-state index contributed by atoms with van der Waals surface area (Å²) >= 11 is 0. The van der Waals surface area contributed by atoms with Crippen molar-refractivity contribution in [3.8, 4) is 5.75 Å². The molecule has 0 fully saturated rings. The summed E-state index contributed by atoms with van der Waals surface area (Å²) < 4.78 is 18.6. The first-order valence-electron chi connectivity index (χ1n) is 6.73. The Bertz CT molecular complexity index is 583. The van der Waals surface area contributed by atoms with Crippen LogP contribution in [-0.4, -0.2) is 7.11 Å². The molecule has 106 valence electrons. The first-order valence-corrected chi connectivity index (χ1v) is 6.73. The van der Waals surface area contributed by atoms with Gasteiger partial charge in [-0.25, -0.2) is 4.39 Å². The van der Waals surface area contributed by atoms with E-state index >= 15 is 0 Å². The third-order valence-electron chi connectivity index (χ3n) is 3.44. The van der Waals surface area contributed by atoms with E-state index in [2.05, 4.69) is 12.2 Å². The van der Waals surface area contributed by atoms with Crippen LogP contribution in [0.15, 0.2) is 42.5 Å². The van der Waals surface area contributed by atoms with Gasteiger partial charge in [0.15, 0.2) is 0 Å². The van der Waals surface area contributed by atoms with Gasteiger partial charge in [0.25, 0.3) is 0 Å². The van der Waals surface area contributed by atoms with E-state index in [1.165, 1.54) is 6.07 Å². The van der Waals surface area contributed by atoms with Gasteiger partial charge in [0.1, 0.15) is 11.6 Å². The number of nitrogens with one attached hydrogen (secondary N) is 1. The third kappa shape index (κ3) is 3.36. The van der Waals surface area contributed by atoms with Gasteiger partial charge in [-0.2, -0.15) is 0 Å². The number of benzene rings is 2. The molecule has 3 heteroatoms. The Morgan fingerprint density at radius 3 is 2.65 bits per heavy atom. The first kappa shape index (κ1) is 14.5. The smallest absolute Gasteiger partial charge is 0.126 e. The van der Waals surface area contributed by atoms with Crippen LogP contribution >= 0.6 is 0 Å². The second kappa shape index (κ2) is 6.53. The first-order chi connectivity index (χ1) is 9.61. The van der Waals surface area contributed by atoms with Gasteiger partial charge in [-0.3, -0.25) is 0 Å². The summed E-state index contributed by atoms with van der Waals surface area (Å²) in [5.41, 5.74) is 2.87. The lowest BCUT2D eigenvalue weighted by Crippen LogP contribution is -2.18. The molecule has 0 heterocycles. The quantitative estimate of drug-likeness (QED) is 0.889. The SMILES string of the molecule is COc1ccccc1C(C)NCc1ccc(F)c(C)c1. The normalized spacial score (nSPS) is 12.2. The van der Waals surface area contributed by atoms with Crippen LogP contribution in [-0.2, 0) is 6.54 Å². The van der Waals surface area contributed by atoms with Crippen molar-refractivity contribution >= 4 is 0 Å². The Balaban J connectivity index is 2.04. The van der Waals surface area contributed by atoms with Gasteiger partial charge in [0.05, 0.1) is 7.11 Å². The molecule has 1 atom stereocenters. The van der Waals surface area contributed by atoms with Crippen LogP contribution in [0.1, 0.15) is 29.7 Å². The third-order valence-corrected chi connectivity index (χ3v) is 3.44. The fourth-order valence-corrected chi connectivity index (χ4v) is 2.22. The number of rotatable bonds is 5. The molecule has 1 N–H and O–H groups in total. The number of ether oxygens (including phenoxy) is 1. The molecule has 2 rings (SSSR count). The van der Waals surface area contributed by atoms with Crippen LogP contribution in [0.2, 0.25) is 0 Å². The van der Waals surface area contributed by atoms with Gasteiger partial charge in [-0.05, 0) is 37.1 Å². The summed E-state index contributed by atoms with van der Waals surface area (Å²) in [5, 5.41) is 3.43. The zero-order valence-corrected chi connectivity index (χ0v) is 12.1. The molecule has 0 spiro atoms. The highest BCUT2D eigenvalue weighted by atomic mass is 19.1. The molecule has 0 bridgehead atoms. The zero-order chi connectivity index (χ0) is 14.5. The number of hydrogen-bond donors (Lipinski definition) is 1. The van der Waals surface area contributed by atoms with Crippen LogP contribution in [0.4, 0.5) is 4.39 Å². The van der Waals surface area contributed by atoms with Gasteiger partial charge < -0.3 is 10.1 Å². The van der Waals surface area contributed by atoms with E-state index in [0.29, 0.717) is 12.1 Å². The minimum absolute atomic E-state index is 0.161. The molecule has 0 amide bonds. The average Bonchev–Trinajstić information content (AvgIpc) is 2.48. The van der Waals surface area contributed by atoms with E-state index in [0.717, 1.165) is 16.9 Å². The topological polar surface area (TPSA) is 21.3 Å². The number of hydrogen-bond acceptors (Lipinski definition) is 2. The van der Waals surface area contributed by atoms with E-state index in [1.54, 1.807) is 14.0 Å². The fraction of sp³-hybridized carbons (Fsp3) is 0.294. The van der Waals surface area contributed by atoms with Crippen LogP contribution in [0, 0.1) is 12.7 Å². The summed E-state index contributed by atoms with van der Waals surface area (Å²) in [6.45, 7) is 4.57. The lowest BCUT2D eigenvalue weighted by Gasteiger charge is -2.17. The number of methoxy groups -OCH3 is 1. The predicted octanol–water partition coefficient (Wildman–Crippen LogP) is 3.99. The van der Waals surface area contributed by atoms with Gasteiger partial charge in [0, 0.05) is 18.2 Å². The van der Waals surface area contributed by atoms with Crippen molar-refractivity contribution < 1.29 is 9.13 Å². The molecule has 1 unspecified atom stereocenters. The minimum atomic E-state index is -0.161. The molecule has 2 nitrogen and oxygen atoms in total. The average molecular weight is 273 g/mol. The molecule has 20 heavy (non-hydrogen) atoms. The molecule has 0 saturated carbocycles. The zero-order valence-electron chi connectivity index (χ0n) is 12.1. The summed E-state index contributed by atoms with van der Waals surface area (Å²) in [6, 6.07) is 13.3. The second-order valence-corrected chi connectivity index (χ2v) is 4.93. The minimum Gasteiger partial charge on any atom is -0.496 e. The van der Waals surface area contributed by atoms with Crippen molar-refractivity contribution in [3.63, 3.8) is 0 Å². The Kier molecular flexibility index (Phi) is 4.74. The maximum absolute atomic E-state index is 13.2. The molecular weight excluding hydrogens is 253 g/mol. The highest BCUT2D eigenvalue weighted by molar-refractivity contribution is 5.35. The maximum Gasteiger partial charge on any atom is 0.126 e. The van der Waals surface area contributed by atoms with E-state index in [4.69, 9.17) is 4.74 Å². The highest BCUT2D eigenvalue weighted by Crippen LogP contribution is 2.24. The summed E-state index contributed by atoms with van der Waals surface area (Å²) in [5.74, 6) is 0.717.